The molecule has 0 heterocycles. The summed E-state index contributed by atoms with van der Waals surface area (Å²) in [5.74, 6) is 0. The summed E-state index contributed by atoms with van der Waals surface area (Å²) in [6.07, 6.45) is 4.06. The van der Waals surface area contributed by atoms with Gasteiger partial charge in [0.15, 0.2) is 0 Å². The van der Waals surface area contributed by atoms with Crippen molar-refractivity contribution in [3.8, 4) is 0 Å². The van der Waals surface area contributed by atoms with Crippen molar-refractivity contribution in [3.63, 3.8) is 0 Å². The van der Waals surface area contributed by atoms with E-state index in [2.05, 4.69) is 4.18 Å². The van der Waals surface area contributed by atoms with E-state index in [4.69, 9.17) is 0 Å². The molecule has 0 aromatic heterocycles. The van der Waals surface area contributed by atoms with Crippen molar-refractivity contribution in [2.75, 3.05) is 0 Å². The van der Waals surface area contributed by atoms with Gasteiger partial charge in [-0.3, -0.25) is 4.18 Å². The molecule has 0 aromatic rings. The quantitative estimate of drug-likeness (QED) is 0.313. The van der Waals surface area contributed by atoms with E-state index in [1.165, 1.54) is 0 Å². The second-order valence-electron chi connectivity index (χ2n) is 2.76. The fraction of sp³-hybridized carbons (Fsp3) is 1.00. The van der Waals surface area contributed by atoms with Gasteiger partial charge in [-0.05, 0) is 12.8 Å². The molecule has 0 spiro atoms. The van der Waals surface area contributed by atoms with Gasteiger partial charge in [-0.15, -0.1) is 0 Å². The first-order valence-electron chi connectivity index (χ1n) is 3.72. The predicted molar refractivity (Wildman–Crippen MR) is 48.0 cm³/mol. The van der Waals surface area contributed by atoms with Crippen LogP contribution in [0.2, 0.25) is 0 Å². The zero-order chi connectivity index (χ0) is 8.32. The largest absolute Gasteiger partial charge is 1.00 e. The second-order valence-corrected chi connectivity index (χ2v) is 3.77. The van der Waals surface area contributed by atoms with Gasteiger partial charge in [0.25, 0.3) is 0 Å². The van der Waals surface area contributed by atoms with E-state index >= 15 is 0 Å². The molecule has 0 aliphatic heterocycles. The molecule has 0 aromatic carbocycles. The second kappa shape index (κ2) is 7.50. The fourth-order valence-corrected chi connectivity index (χ4v) is 1.85. The Hall–Kier alpha value is 1.22. The molecule has 1 saturated carbocycles. The maximum absolute atomic E-state index is 10.1. The van der Waals surface area contributed by atoms with Crippen LogP contribution in [0.15, 0.2) is 0 Å². The normalized spacial score (nSPS) is 18.5. The monoisotopic (exact) mass is 236 g/mol. The SMILES string of the molecule is O=S(=O)([O-])OC1CCCCC1.S.[Na+]. The van der Waals surface area contributed by atoms with Crippen molar-refractivity contribution in [1.82, 2.24) is 0 Å². The van der Waals surface area contributed by atoms with Crippen LogP contribution in [0.1, 0.15) is 32.1 Å². The molecule has 7 heteroatoms. The molecule has 0 radical (unpaired) electrons. The summed E-state index contributed by atoms with van der Waals surface area (Å²) in [7, 11) is -4.47. The minimum atomic E-state index is -4.47. The Labute approximate surface area is 108 Å². The molecule has 0 saturated heterocycles. The molecule has 1 rings (SSSR count). The van der Waals surface area contributed by atoms with Gasteiger partial charge in [-0.1, -0.05) is 19.3 Å². The van der Waals surface area contributed by atoms with Crippen LogP contribution in [0, 0.1) is 0 Å². The van der Waals surface area contributed by atoms with E-state index < -0.39 is 10.4 Å². The van der Waals surface area contributed by atoms with Crippen LogP contribution in [0.5, 0.6) is 0 Å². The van der Waals surface area contributed by atoms with E-state index in [-0.39, 0.29) is 49.2 Å². The smallest absolute Gasteiger partial charge is 0.726 e. The molecular formula is C6H13NaO4S2. The molecule has 74 valence electrons. The molecule has 13 heavy (non-hydrogen) atoms. The maximum atomic E-state index is 10.1. The summed E-state index contributed by atoms with van der Waals surface area (Å²) < 4.78 is 34.7. The Morgan fingerprint density at radius 1 is 1.15 bits per heavy atom. The predicted octanol–water partition coefficient (Wildman–Crippen LogP) is -2.09. The van der Waals surface area contributed by atoms with Crippen LogP contribution in [0.4, 0.5) is 0 Å². The molecule has 0 unspecified atom stereocenters. The molecule has 1 fully saturated rings. The summed E-state index contributed by atoms with van der Waals surface area (Å²) in [6, 6.07) is 0. The van der Waals surface area contributed by atoms with E-state index in [9.17, 15) is 13.0 Å². The van der Waals surface area contributed by atoms with Crippen LogP contribution in [0.3, 0.4) is 0 Å². The topological polar surface area (TPSA) is 66.4 Å². The number of rotatable bonds is 2. The van der Waals surface area contributed by atoms with E-state index in [0.29, 0.717) is 12.8 Å². The van der Waals surface area contributed by atoms with Crippen LogP contribution >= 0.6 is 13.5 Å². The van der Waals surface area contributed by atoms with Gasteiger partial charge in [0.05, 0.1) is 6.10 Å². The summed E-state index contributed by atoms with van der Waals surface area (Å²) in [6.45, 7) is 0. The Kier molecular flexibility index (Phi) is 9.61. The van der Waals surface area contributed by atoms with Gasteiger partial charge in [0.1, 0.15) is 0 Å². The minimum absolute atomic E-state index is 0. The molecule has 0 atom stereocenters. The number of hydrogen-bond acceptors (Lipinski definition) is 4. The van der Waals surface area contributed by atoms with E-state index in [1.807, 2.05) is 0 Å². The third-order valence-corrected chi connectivity index (χ3v) is 2.31. The summed E-state index contributed by atoms with van der Waals surface area (Å²) in [5.41, 5.74) is 0. The molecule has 1 aliphatic carbocycles. The van der Waals surface area contributed by atoms with Gasteiger partial charge < -0.3 is 4.55 Å². The minimum Gasteiger partial charge on any atom is -0.726 e. The summed E-state index contributed by atoms with van der Waals surface area (Å²) in [4.78, 5) is 0. The number of hydrogen-bond donors (Lipinski definition) is 0. The van der Waals surface area contributed by atoms with Crippen LogP contribution < -0.4 is 29.6 Å². The first kappa shape index (κ1) is 16.6. The Bertz CT molecular complexity index is 211. The molecule has 1 aliphatic rings. The van der Waals surface area contributed by atoms with Gasteiger partial charge >= 0.3 is 29.6 Å². The Morgan fingerprint density at radius 2 is 1.62 bits per heavy atom. The molecule has 0 amide bonds. The first-order chi connectivity index (χ1) is 5.08. The van der Waals surface area contributed by atoms with Crippen LogP contribution in [0.25, 0.3) is 0 Å². The first-order valence-corrected chi connectivity index (χ1v) is 5.05. The Morgan fingerprint density at radius 3 is 2.00 bits per heavy atom. The Balaban J connectivity index is 0. The van der Waals surface area contributed by atoms with Crippen LogP contribution in [-0.2, 0) is 14.6 Å². The van der Waals surface area contributed by atoms with Crippen molar-refractivity contribution in [2.24, 2.45) is 0 Å². The standard InChI is InChI=1S/C6H12O4S.Na.H2S/c7-11(8,9)10-6-4-2-1-3-5-6;;/h6H,1-5H2,(H,7,8,9);;1H2/q;+1;/p-1. The average molecular weight is 236 g/mol. The van der Waals surface area contributed by atoms with Crippen molar-refractivity contribution in [2.45, 2.75) is 38.2 Å². The summed E-state index contributed by atoms with van der Waals surface area (Å²) >= 11 is 0. The van der Waals surface area contributed by atoms with Crippen molar-refractivity contribution in [3.05, 3.63) is 0 Å². The zero-order valence-corrected chi connectivity index (χ0v) is 11.5. The van der Waals surface area contributed by atoms with Gasteiger partial charge in [0.2, 0.25) is 10.4 Å². The van der Waals surface area contributed by atoms with Gasteiger partial charge in [-0.25, -0.2) is 8.42 Å². The summed E-state index contributed by atoms with van der Waals surface area (Å²) in [5, 5.41) is 0. The van der Waals surface area contributed by atoms with Gasteiger partial charge in [-0.2, -0.15) is 13.5 Å². The molecule has 4 nitrogen and oxygen atoms in total. The fourth-order valence-electron chi connectivity index (χ4n) is 1.33. The average Bonchev–Trinajstić information content (AvgIpc) is 1.85. The van der Waals surface area contributed by atoms with Crippen molar-refractivity contribution >= 4 is 23.9 Å². The third-order valence-electron chi connectivity index (χ3n) is 1.81. The molecular weight excluding hydrogens is 223 g/mol. The van der Waals surface area contributed by atoms with E-state index in [0.717, 1.165) is 19.3 Å². The molecule has 0 bridgehead atoms. The van der Waals surface area contributed by atoms with E-state index in [1.54, 1.807) is 0 Å². The third kappa shape index (κ3) is 8.23. The zero-order valence-electron chi connectivity index (χ0n) is 7.65. The van der Waals surface area contributed by atoms with Crippen molar-refractivity contribution in [1.29, 1.82) is 0 Å². The van der Waals surface area contributed by atoms with Gasteiger partial charge in [0, 0.05) is 0 Å². The van der Waals surface area contributed by atoms with Crippen LogP contribution in [-0.4, -0.2) is 19.1 Å². The molecule has 0 N–H and O–H groups in total. The maximum Gasteiger partial charge on any atom is 1.00 e. The van der Waals surface area contributed by atoms with Crippen molar-refractivity contribution < 1.29 is 46.7 Å².